The molecule has 2 aromatic rings. The minimum atomic E-state index is -0.679. The van der Waals surface area contributed by atoms with Crippen LogP contribution in [0.15, 0.2) is 30.0 Å². The third-order valence-corrected chi connectivity index (χ3v) is 15.1. The number of likely N-dealkylation sites (N-methyl/N-ethyl adjacent to an activating group) is 1. The number of methoxy groups -OCH3 is 4. The van der Waals surface area contributed by atoms with E-state index in [1.54, 1.807) is 28.4 Å². The number of carbonyl (C=O) groups is 2. The normalized spacial score (nSPS) is 40.6. The average molecular weight is 852 g/mol. The van der Waals surface area contributed by atoms with Gasteiger partial charge < -0.3 is 51.9 Å². The van der Waals surface area contributed by atoms with E-state index in [0.717, 1.165) is 42.7 Å². The van der Waals surface area contributed by atoms with E-state index in [1.807, 2.05) is 32.2 Å². The Kier molecular flexibility index (Phi) is 13.6. The number of allylic oxidation sites excluding steroid dienone is 2. The second-order valence-electron chi connectivity index (χ2n) is 18.7. The number of fused-ring (bicyclic) bond motifs is 10. The molecular weight excluding hydrogens is 783 g/mol. The van der Waals surface area contributed by atoms with E-state index >= 15 is 4.79 Å². The number of esters is 1. The predicted octanol–water partition coefficient (Wildman–Crippen LogP) is 6.22. The Hall–Kier alpha value is -2.95. The molecule has 338 valence electrons. The van der Waals surface area contributed by atoms with Crippen LogP contribution >= 0.6 is 0 Å². The third-order valence-electron chi connectivity index (χ3n) is 15.1. The molecule has 0 spiro atoms. The lowest BCUT2D eigenvalue weighted by atomic mass is 9.66. The Bertz CT molecular complexity index is 1900. The lowest BCUT2D eigenvalue weighted by Crippen LogP contribution is -2.59. The zero-order valence-electron chi connectivity index (χ0n) is 37.8. The zero-order chi connectivity index (χ0) is 43.3. The van der Waals surface area contributed by atoms with Gasteiger partial charge in [0.1, 0.15) is 24.4 Å². The molecule has 5 heterocycles. The summed E-state index contributed by atoms with van der Waals surface area (Å²) in [5, 5.41) is 0. The van der Waals surface area contributed by atoms with Crippen molar-refractivity contribution in [3.05, 3.63) is 41.4 Å². The van der Waals surface area contributed by atoms with E-state index in [1.165, 1.54) is 0 Å². The molecule has 61 heavy (non-hydrogen) atoms. The predicted molar refractivity (Wildman–Crippen MR) is 225 cm³/mol. The van der Waals surface area contributed by atoms with Crippen molar-refractivity contribution in [2.75, 3.05) is 42.5 Å². The van der Waals surface area contributed by atoms with Gasteiger partial charge in [0.05, 0.1) is 43.6 Å². The molecule has 0 amide bonds. The van der Waals surface area contributed by atoms with Crippen LogP contribution < -0.4 is 4.74 Å². The second-order valence-corrected chi connectivity index (χ2v) is 18.7. The van der Waals surface area contributed by atoms with Crippen molar-refractivity contribution in [2.24, 2.45) is 23.7 Å². The van der Waals surface area contributed by atoms with Gasteiger partial charge >= 0.3 is 5.97 Å². The number of cyclic esters (lactones) is 1. The summed E-state index contributed by atoms with van der Waals surface area (Å²) in [5.41, 5.74) is 3.40. The number of hydrogen-bond acceptors (Lipinski definition) is 13. The number of ether oxygens (including phenoxy) is 9. The van der Waals surface area contributed by atoms with Crippen LogP contribution in [0, 0.1) is 23.7 Å². The topological polar surface area (TPSA) is 138 Å². The summed E-state index contributed by atoms with van der Waals surface area (Å²) in [6, 6.07) is 4.21. The molecule has 17 atom stereocenters. The van der Waals surface area contributed by atoms with Gasteiger partial charge in [0, 0.05) is 62.9 Å². The molecule has 14 nitrogen and oxygen atoms in total. The molecule has 6 unspecified atom stereocenters. The van der Waals surface area contributed by atoms with Crippen molar-refractivity contribution in [3.63, 3.8) is 0 Å². The Labute approximate surface area is 361 Å². The maximum absolute atomic E-state index is 15.2. The number of carbonyl (C=O) groups excluding carboxylic acids is 2. The van der Waals surface area contributed by atoms with Gasteiger partial charge in [-0.2, -0.15) is 0 Å². The maximum atomic E-state index is 15.2. The average Bonchev–Trinajstić information content (AvgIpc) is 3.95. The van der Waals surface area contributed by atoms with Crippen LogP contribution in [0.4, 0.5) is 0 Å². The molecule has 1 saturated carbocycles. The Morgan fingerprint density at radius 2 is 1.66 bits per heavy atom. The summed E-state index contributed by atoms with van der Waals surface area (Å²) in [6.07, 6.45) is 7.01. The number of imidazole rings is 1. The van der Waals surface area contributed by atoms with E-state index in [9.17, 15) is 4.79 Å². The minimum absolute atomic E-state index is 0.00230. The molecule has 8 rings (SSSR count). The van der Waals surface area contributed by atoms with Crippen LogP contribution in [-0.4, -0.2) is 136 Å². The summed E-state index contributed by atoms with van der Waals surface area (Å²) in [4.78, 5) is 36.8. The van der Waals surface area contributed by atoms with Crippen LogP contribution in [0.5, 0.6) is 5.75 Å². The SMILES string of the molecule is CC[C@H]1CCC[C@H](O[C@H]2CC[C@H](N(C)C)C(C)O2)[C@@H](C)C(=O)C2=C[C@H]3[C@@H]4C[C@H](OC5OC(C)C(OC)C(OC)C5OC)C[C@H]4c4c(nc5c(OC)cccn45)[C@H]3[C@@H]2CC(=O)O1. The van der Waals surface area contributed by atoms with Crippen molar-refractivity contribution in [3.8, 4) is 5.75 Å². The Balaban J connectivity index is 1.15. The van der Waals surface area contributed by atoms with Gasteiger partial charge in [-0.05, 0) is 109 Å². The van der Waals surface area contributed by atoms with Crippen molar-refractivity contribution in [1.82, 2.24) is 14.3 Å². The Morgan fingerprint density at radius 3 is 2.34 bits per heavy atom. The molecule has 6 aliphatic rings. The van der Waals surface area contributed by atoms with Gasteiger partial charge in [-0.25, -0.2) is 4.98 Å². The highest BCUT2D eigenvalue weighted by Crippen LogP contribution is 2.61. The van der Waals surface area contributed by atoms with Crippen LogP contribution in [0.1, 0.15) is 109 Å². The van der Waals surface area contributed by atoms with Crippen LogP contribution in [0.2, 0.25) is 0 Å². The molecule has 0 N–H and O–H groups in total. The van der Waals surface area contributed by atoms with E-state index in [2.05, 4.69) is 43.3 Å². The Morgan fingerprint density at radius 1 is 0.885 bits per heavy atom. The monoisotopic (exact) mass is 851 g/mol. The summed E-state index contributed by atoms with van der Waals surface area (Å²) in [5.74, 6) is -0.633. The van der Waals surface area contributed by atoms with Gasteiger partial charge in [-0.3, -0.25) is 9.59 Å². The fourth-order valence-electron chi connectivity index (χ4n) is 12.1. The number of Topliss-reactive ketones (excluding diaryl/α,β-unsaturated/α-hetero) is 1. The number of ketones is 1. The first kappa shape index (κ1) is 44.6. The quantitative estimate of drug-likeness (QED) is 0.251. The summed E-state index contributed by atoms with van der Waals surface area (Å²) in [7, 11) is 10.8. The lowest BCUT2D eigenvalue weighted by molar-refractivity contribution is -0.314. The molecular formula is C47H69N3O11. The number of nitrogens with zero attached hydrogens (tertiary/aromatic N) is 3. The lowest BCUT2D eigenvalue weighted by Gasteiger charge is -2.44. The van der Waals surface area contributed by atoms with Gasteiger partial charge in [0.15, 0.2) is 29.8 Å². The first-order valence-electron chi connectivity index (χ1n) is 22.8. The number of aromatic nitrogens is 2. The molecule has 3 aliphatic carbocycles. The molecule has 0 bridgehead atoms. The molecule has 0 aromatic carbocycles. The van der Waals surface area contributed by atoms with E-state index in [-0.39, 0.29) is 84.6 Å². The van der Waals surface area contributed by atoms with Crippen LogP contribution in [-0.2, 0) is 47.5 Å². The number of rotatable bonds is 10. The largest absolute Gasteiger partial charge is 0.493 e. The van der Waals surface area contributed by atoms with E-state index in [4.69, 9.17) is 47.6 Å². The van der Waals surface area contributed by atoms with Gasteiger partial charge in [-0.1, -0.05) is 19.9 Å². The summed E-state index contributed by atoms with van der Waals surface area (Å²) in [6.45, 7) is 8.14. The molecule has 0 radical (unpaired) electrons. The van der Waals surface area contributed by atoms with Crippen LogP contribution in [0.3, 0.4) is 0 Å². The van der Waals surface area contributed by atoms with Crippen LogP contribution in [0.25, 0.3) is 5.65 Å². The first-order valence-corrected chi connectivity index (χ1v) is 22.8. The van der Waals surface area contributed by atoms with Gasteiger partial charge in [0.25, 0.3) is 0 Å². The second kappa shape index (κ2) is 18.6. The zero-order valence-corrected chi connectivity index (χ0v) is 37.8. The van der Waals surface area contributed by atoms with Crippen molar-refractivity contribution >= 4 is 17.4 Å². The highest BCUT2D eigenvalue weighted by atomic mass is 16.7. The maximum Gasteiger partial charge on any atom is 0.306 e. The van der Waals surface area contributed by atoms with Crippen molar-refractivity contribution < 1.29 is 52.2 Å². The fourth-order valence-corrected chi connectivity index (χ4v) is 12.1. The summed E-state index contributed by atoms with van der Waals surface area (Å²) >= 11 is 0. The van der Waals surface area contributed by atoms with Crippen molar-refractivity contribution in [1.29, 1.82) is 0 Å². The molecule has 2 aromatic heterocycles. The van der Waals surface area contributed by atoms with E-state index in [0.29, 0.717) is 43.0 Å². The minimum Gasteiger partial charge on any atom is -0.493 e. The third kappa shape index (κ3) is 8.33. The smallest absolute Gasteiger partial charge is 0.306 e. The highest BCUT2D eigenvalue weighted by Gasteiger charge is 2.57. The highest BCUT2D eigenvalue weighted by molar-refractivity contribution is 5.99. The molecule has 3 aliphatic heterocycles. The molecule has 4 fully saturated rings. The number of pyridine rings is 1. The first-order chi connectivity index (χ1) is 29.4. The van der Waals surface area contributed by atoms with E-state index < -0.39 is 30.5 Å². The van der Waals surface area contributed by atoms with Gasteiger partial charge in [-0.15, -0.1) is 0 Å². The fraction of sp³-hybridized carbons (Fsp3) is 0.766. The standard InChI is InChI=1S/C47H69N3O11/c1-11-27-14-12-15-35(61-38-18-17-34(49(5)6)25(3)57-38)24(2)42(52)33-22-30-29-20-28(60-47-45(56-10)44(55-9)43(54-8)26(4)58-47)21-32(29)41-40(39(30)31(33)23-37(51)59-27)48-46-36(53-7)16-13-19-50(41)46/h13,16,19,22,24-32,34-35,38-39,43-45,47H,11-12,14-15,17-18,20-21,23H2,1-10H3/t24-,25?,26?,27+,28+,29+,30+,31-,32-,34+,35+,38+,39-,43?,44?,45?,47?/m1/s1. The van der Waals surface area contributed by atoms with Gasteiger partial charge in [0.2, 0.25) is 0 Å². The van der Waals surface area contributed by atoms with Crippen molar-refractivity contribution in [2.45, 2.75) is 165 Å². The summed E-state index contributed by atoms with van der Waals surface area (Å²) < 4.78 is 58.6. The molecule has 3 saturated heterocycles. The molecule has 14 heteroatoms. The number of hydrogen-bond donors (Lipinski definition) is 0.